The van der Waals surface area contributed by atoms with E-state index in [0.29, 0.717) is 23.5 Å². The highest BCUT2D eigenvalue weighted by Gasteiger charge is 2.11. The molecular formula is C20H14Cl2O3. The van der Waals surface area contributed by atoms with Crippen molar-refractivity contribution >= 4 is 29.5 Å². The molecule has 3 aromatic rings. The number of ether oxygens (including phenoxy) is 1. The number of benzene rings is 3. The summed E-state index contributed by atoms with van der Waals surface area (Å²) in [4.78, 5) is 11.4. The van der Waals surface area contributed by atoms with Gasteiger partial charge in [-0.3, -0.25) is 4.79 Å². The lowest BCUT2D eigenvalue weighted by Gasteiger charge is -2.11. The van der Waals surface area contributed by atoms with Crippen LogP contribution in [0, 0.1) is 0 Å². The maximum atomic E-state index is 11.4. The van der Waals surface area contributed by atoms with Gasteiger partial charge in [0.25, 0.3) is 0 Å². The Kier molecular flexibility index (Phi) is 5.27. The van der Waals surface area contributed by atoms with E-state index >= 15 is 0 Å². The second-order valence-corrected chi connectivity index (χ2v) is 6.25. The first-order chi connectivity index (χ1) is 12.1. The minimum absolute atomic E-state index is 0.152. The third-order valence-corrected chi connectivity index (χ3v) is 4.30. The summed E-state index contributed by atoms with van der Waals surface area (Å²) >= 11 is 11.9. The standard InChI is InChI=1S/C20H14Cl2O3/c21-17-9-15(10-18(22)20(17)24)14-6-7-19(16(8-14)11-23)25-12-13-4-2-1-3-5-13/h1-11,24H,12H2. The third kappa shape index (κ3) is 3.95. The van der Waals surface area contributed by atoms with Crippen molar-refractivity contribution in [3.8, 4) is 22.6 Å². The van der Waals surface area contributed by atoms with E-state index in [1.54, 1.807) is 24.3 Å². The number of phenols is 1. The Morgan fingerprint density at radius 1 is 0.920 bits per heavy atom. The number of aldehydes is 1. The van der Waals surface area contributed by atoms with Gasteiger partial charge < -0.3 is 9.84 Å². The summed E-state index contributed by atoms with van der Waals surface area (Å²) in [6.45, 7) is 0.373. The van der Waals surface area contributed by atoms with Gasteiger partial charge in [0, 0.05) is 0 Å². The molecule has 0 atom stereocenters. The first-order valence-electron chi connectivity index (χ1n) is 7.53. The molecule has 5 heteroatoms. The zero-order valence-electron chi connectivity index (χ0n) is 13.1. The van der Waals surface area contributed by atoms with Gasteiger partial charge >= 0.3 is 0 Å². The number of halogens is 2. The molecule has 0 radical (unpaired) electrons. The van der Waals surface area contributed by atoms with Crippen LogP contribution in [-0.2, 0) is 6.61 Å². The minimum atomic E-state index is -0.162. The van der Waals surface area contributed by atoms with E-state index in [1.165, 1.54) is 0 Å². The molecule has 0 unspecified atom stereocenters. The molecular weight excluding hydrogens is 359 g/mol. The Bertz CT molecular complexity index is 885. The molecule has 0 aliphatic carbocycles. The van der Waals surface area contributed by atoms with Crippen LogP contribution in [0.25, 0.3) is 11.1 Å². The predicted octanol–water partition coefficient (Wildman–Crippen LogP) is 5.76. The molecule has 126 valence electrons. The monoisotopic (exact) mass is 372 g/mol. The lowest BCUT2D eigenvalue weighted by Crippen LogP contribution is -1.98. The van der Waals surface area contributed by atoms with Gasteiger partial charge in [-0.05, 0) is 41.0 Å². The fourth-order valence-electron chi connectivity index (χ4n) is 2.42. The number of phenolic OH excluding ortho intramolecular Hbond substituents is 1. The highest BCUT2D eigenvalue weighted by Crippen LogP contribution is 2.37. The maximum Gasteiger partial charge on any atom is 0.153 e. The van der Waals surface area contributed by atoms with Crippen molar-refractivity contribution in [2.24, 2.45) is 0 Å². The van der Waals surface area contributed by atoms with E-state index in [9.17, 15) is 9.90 Å². The van der Waals surface area contributed by atoms with E-state index < -0.39 is 0 Å². The van der Waals surface area contributed by atoms with Crippen molar-refractivity contribution in [2.45, 2.75) is 6.61 Å². The van der Waals surface area contributed by atoms with E-state index in [1.807, 2.05) is 36.4 Å². The summed E-state index contributed by atoms with van der Waals surface area (Å²) in [5, 5.41) is 9.97. The highest BCUT2D eigenvalue weighted by atomic mass is 35.5. The number of rotatable bonds is 5. The summed E-state index contributed by atoms with van der Waals surface area (Å²) in [5.74, 6) is 0.337. The fourth-order valence-corrected chi connectivity index (χ4v) is 2.91. The van der Waals surface area contributed by atoms with Gasteiger partial charge in [0.15, 0.2) is 12.0 Å². The Hall–Kier alpha value is -2.49. The third-order valence-electron chi connectivity index (χ3n) is 3.72. The molecule has 0 aliphatic heterocycles. The van der Waals surface area contributed by atoms with Gasteiger partial charge in [-0.25, -0.2) is 0 Å². The Morgan fingerprint density at radius 2 is 1.60 bits per heavy atom. The van der Waals surface area contributed by atoms with Crippen molar-refractivity contribution in [1.29, 1.82) is 0 Å². The normalized spacial score (nSPS) is 10.5. The van der Waals surface area contributed by atoms with Gasteiger partial charge in [-0.2, -0.15) is 0 Å². The van der Waals surface area contributed by atoms with Crippen LogP contribution >= 0.6 is 23.2 Å². The number of hydrogen-bond acceptors (Lipinski definition) is 3. The van der Waals surface area contributed by atoms with E-state index in [-0.39, 0.29) is 15.8 Å². The van der Waals surface area contributed by atoms with Gasteiger partial charge in [0.2, 0.25) is 0 Å². The lowest BCUT2D eigenvalue weighted by atomic mass is 10.0. The molecule has 3 aromatic carbocycles. The molecule has 1 N–H and O–H groups in total. The van der Waals surface area contributed by atoms with Crippen molar-refractivity contribution in [1.82, 2.24) is 0 Å². The van der Waals surface area contributed by atoms with Crippen LogP contribution in [-0.4, -0.2) is 11.4 Å². The largest absolute Gasteiger partial charge is 0.505 e. The zero-order chi connectivity index (χ0) is 17.8. The molecule has 0 heterocycles. The number of carbonyl (C=O) groups is 1. The fraction of sp³-hybridized carbons (Fsp3) is 0.0500. The van der Waals surface area contributed by atoms with Crippen LogP contribution in [0.15, 0.2) is 60.7 Å². The summed E-state index contributed by atoms with van der Waals surface area (Å²) < 4.78 is 5.75. The Labute approximate surface area is 155 Å². The van der Waals surface area contributed by atoms with Crippen LogP contribution in [0.5, 0.6) is 11.5 Å². The smallest absolute Gasteiger partial charge is 0.153 e. The summed E-state index contributed by atoms with van der Waals surface area (Å²) in [7, 11) is 0. The highest BCUT2D eigenvalue weighted by molar-refractivity contribution is 6.37. The van der Waals surface area contributed by atoms with Crippen molar-refractivity contribution in [3.63, 3.8) is 0 Å². The van der Waals surface area contributed by atoms with Gasteiger partial charge in [-0.1, -0.05) is 59.6 Å². The van der Waals surface area contributed by atoms with Crippen molar-refractivity contribution in [2.75, 3.05) is 0 Å². The molecule has 0 bridgehead atoms. The average Bonchev–Trinajstić information content (AvgIpc) is 2.64. The molecule has 0 spiro atoms. The lowest BCUT2D eigenvalue weighted by molar-refractivity contribution is 0.111. The van der Waals surface area contributed by atoms with E-state index in [4.69, 9.17) is 27.9 Å². The molecule has 0 saturated heterocycles. The Balaban J connectivity index is 1.88. The van der Waals surface area contributed by atoms with Gasteiger partial charge in [0.05, 0.1) is 15.6 Å². The number of aromatic hydroxyl groups is 1. The molecule has 0 amide bonds. The first-order valence-corrected chi connectivity index (χ1v) is 8.28. The Morgan fingerprint density at radius 3 is 2.24 bits per heavy atom. The number of hydrogen-bond donors (Lipinski definition) is 1. The summed E-state index contributed by atoms with van der Waals surface area (Å²) in [5.41, 5.74) is 2.89. The van der Waals surface area contributed by atoms with Crippen molar-refractivity contribution in [3.05, 3.63) is 81.8 Å². The van der Waals surface area contributed by atoms with Crippen LogP contribution in [0.1, 0.15) is 15.9 Å². The first kappa shape index (κ1) is 17.3. The second-order valence-electron chi connectivity index (χ2n) is 5.43. The quantitative estimate of drug-likeness (QED) is 0.579. The van der Waals surface area contributed by atoms with Crippen LogP contribution in [0.4, 0.5) is 0 Å². The molecule has 25 heavy (non-hydrogen) atoms. The van der Waals surface area contributed by atoms with Gasteiger partial charge in [-0.15, -0.1) is 0 Å². The molecule has 0 aliphatic rings. The van der Waals surface area contributed by atoms with Crippen LogP contribution < -0.4 is 4.74 Å². The van der Waals surface area contributed by atoms with Gasteiger partial charge in [0.1, 0.15) is 12.4 Å². The summed E-state index contributed by atoms with van der Waals surface area (Å²) in [6, 6.07) is 18.1. The molecule has 0 fully saturated rings. The molecule has 0 saturated carbocycles. The number of carbonyl (C=O) groups excluding carboxylic acids is 1. The molecule has 3 nitrogen and oxygen atoms in total. The van der Waals surface area contributed by atoms with E-state index in [2.05, 4.69) is 0 Å². The molecule has 0 aromatic heterocycles. The van der Waals surface area contributed by atoms with Crippen LogP contribution in [0.2, 0.25) is 10.0 Å². The van der Waals surface area contributed by atoms with Crippen LogP contribution in [0.3, 0.4) is 0 Å². The van der Waals surface area contributed by atoms with Crippen molar-refractivity contribution < 1.29 is 14.6 Å². The SMILES string of the molecule is O=Cc1cc(-c2cc(Cl)c(O)c(Cl)c2)ccc1OCc1ccccc1. The molecule has 3 rings (SSSR count). The minimum Gasteiger partial charge on any atom is -0.505 e. The predicted molar refractivity (Wildman–Crippen MR) is 99.7 cm³/mol. The average molecular weight is 373 g/mol. The zero-order valence-corrected chi connectivity index (χ0v) is 14.6. The topological polar surface area (TPSA) is 46.5 Å². The van der Waals surface area contributed by atoms with E-state index in [0.717, 1.165) is 17.4 Å². The second kappa shape index (κ2) is 7.60. The maximum absolute atomic E-state index is 11.4. The summed E-state index contributed by atoms with van der Waals surface area (Å²) in [6.07, 6.45) is 0.744.